The molecule has 0 amide bonds. The van der Waals surface area contributed by atoms with Crippen molar-refractivity contribution in [1.29, 1.82) is 0 Å². The SMILES string of the molecule is O=C(O)c1ccoc1CNc1ccccc1I. The first-order chi connectivity index (χ1) is 8.18. The van der Waals surface area contributed by atoms with Crippen LogP contribution in [0.15, 0.2) is 41.0 Å². The molecule has 0 saturated carbocycles. The predicted octanol–water partition coefficient (Wildman–Crippen LogP) is 3.19. The van der Waals surface area contributed by atoms with Crippen LogP contribution < -0.4 is 5.32 Å². The Hall–Kier alpha value is -1.50. The Labute approximate surface area is 112 Å². The van der Waals surface area contributed by atoms with E-state index in [1.807, 2.05) is 24.3 Å². The van der Waals surface area contributed by atoms with E-state index in [1.54, 1.807) is 0 Å². The summed E-state index contributed by atoms with van der Waals surface area (Å²) in [4.78, 5) is 10.9. The highest BCUT2D eigenvalue weighted by molar-refractivity contribution is 14.1. The van der Waals surface area contributed by atoms with Gasteiger partial charge in [0.25, 0.3) is 0 Å². The summed E-state index contributed by atoms with van der Waals surface area (Å²) in [5.41, 5.74) is 1.16. The first kappa shape index (κ1) is 12.0. The van der Waals surface area contributed by atoms with E-state index in [4.69, 9.17) is 9.52 Å². The maximum absolute atomic E-state index is 10.9. The molecule has 1 aromatic heterocycles. The van der Waals surface area contributed by atoms with Gasteiger partial charge in [-0.15, -0.1) is 0 Å². The minimum absolute atomic E-state index is 0.198. The van der Waals surface area contributed by atoms with Gasteiger partial charge in [-0.1, -0.05) is 12.1 Å². The molecular formula is C12H10INO3. The molecule has 0 bridgehead atoms. The zero-order valence-electron chi connectivity index (χ0n) is 8.81. The molecule has 1 heterocycles. The summed E-state index contributed by atoms with van der Waals surface area (Å²) in [6.07, 6.45) is 1.39. The molecule has 0 radical (unpaired) electrons. The van der Waals surface area contributed by atoms with Crippen LogP contribution in [0.4, 0.5) is 5.69 Å². The van der Waals surface area contributed by atoms with Gasteiger partial charge in [0.2, 0.25) is 0 Å². The molecule has 5 heteroatoms. The fourth-order valence-corrected chi connectivity index (χ4v) is 2.03. The third-order valence-electron chi connectivity index (χ3n) is 2.29. The highest BCUT2D eigenvalue weighted by atomic mass is 127. The lowest BCUT2D eigenvalue weighted by atomic mass is 10.2. The summed E-state index contributed by atoms with van der Waals surface area (Å²) in [7, 11) is 0. The van der Waals surface area contributed by atoms with Crippen LogP contribution in [0.5, 0.6) is 0 Å². The van der Waals surface area contributed by atoms with Gasteiger partial charge in [0, 0.05) is 9.26 Å². The van der Waals surface area contributed by atoms with Gasteiger partial charge in [0.15, 0.2) is 0 Å². The maximum Gasteiger partial charge on any atom is 0.339 e. The van der Waals surface area contributed by atoms with Gasteiger partial charge in [-0.25, -0.2) is 4.79 Å². The lowest BCUT2D eigenvalue weighted by Gasteiger charge is -2.07. The summed E-state index contributed by atoms with van der Waals surface area (Å²) in [5.74, 6) is -0.546. The molecule has 0 aliphatic heterocycles. The Morgan fingerprint density at radius 3 is 2.82 bits per heavy atom. The summed E-state index contributed by atoms with van der Waals surface area (Å²) in [6.45, 7) is 0.356. The number of nitrogens with one attached hydrogen (secondary N) is 1. The van der Waals surface area contributed by atoms with Gasteiger partial charge in [-0.05, 0) is 40.8 Å². The van der Waals surface area contributed by atoms with E-state index in [1.165, 1.54) is 12.3 Å². The van der Waals surface area contributed by atoms with Gasteiger partial charge < -0.3 is 14.8 Å². The minimum Gasteiger partial charge on any atom is -0.478 e. The average Bonchev–Trinajstić information content (AvgIpc) is 2.76. The molecule has 0 atom stereocenters. The van der Waals surface area contributed by atoms with Crippen LogP contribution >= 0.6 is 22.6 Å². The zero-order valence-corrected chi connectivity index (χ0v) is 11.0. The Bertz CT molecular complexity index is 536. The Kier molecular flexibility index (Phi) is 3.68. The van der Waals surface area contributed by atoms with Crippen LogP contribution in [-0.4, -0.2) is 11.1 Å². The van der Waals surface area contributed by atoms with Crippen molar-refractivity contribution in [2.24, 2.45) is 0 Å². The predicted molar refractivity (Wildman–Crippen MR) is 72.2 cm³/mol. The van der Waals surface area contributed by atoms with Crippen molar-refractivity contribution in [3.63, 3.8) is 0 Å². The number of carboxylic acid groups (broad SMARTS) is 1. The van der Waals surface area contributed by atoms with Crippen LogP contribution in [0.2, 0.25) is 0 Å². The number of aromatic carboxylic acids is 1. The molecular weight excluding hydrogens is 333 g/mol. The quantitative estimate of drug-likeness (QED) is 0.837. The van der Waals surface area contributed by atoms with Crippen LogP contribution in [0.25, 0.3) is 0 Å². The lowest BCUT2D eigenvalue weighted by Crippen LogP contribution is -2.05. The molecule has 0 spiro atoms. The monoisotopic (exact) mass is 343 g/mol. The van der Waals surface area contributed by atoms with E-state index >= 15 is 0 Å². The van der Waals surface area contributed by atoms with Gasteiger partial charge in [-0.3, -0.25) is 0 Å². The number of rotatable bonds is 4. The van der Waals surface area contributed by atoms with E-state index in [0.29, 0.717) is 12.3 Å². The molecule has 2 aromatic rings. The number of furan rings is 1. The first-order valence-electron chi connectivity index (χ1n) is 4.96. The highest BCUT2D eigenvalue weighted by Crippen LogP contribution is 2.19. The number of carboxylic acids is 1. The third-order valence-corrected chi connectivity index (χ3v) is 3.23. The van der Waals surface area contributed by atoms with Crippen LogP contribution in [0, 0.1) is 3.57 Å². The molecule has 0 unspecified atom stereocenters. The van der Waals surface area contributed by atoms with Crippen molar-refractivity contribution in [3.05, 3.63) is 51.5 Å². The standard InChI is InChI=1S/C12H10INO3/c13-9-3-1-2-4-10(9)14-7-11-8(12(15)16)5-6-17-11/h1-6,14H,7H2,(H,15,16). The Morgan fingerprint density at radius 2 is 2.12 bits per heavy atom. The van der Waals surface area contributed by atoms with Crippen molar-refractivity contribution >= 4 is 34.2 Å². The highest BCUT2D eigenvalue weighted by Gasteiger charge is 2.12. The van der Waals surface area contributed by atoms with E-state index in [-0.39, 0.29) is 5.56 Å². The van der Waals surface area contributed by atoms with Crippen LogP contribution in [0.3, 0.4) is 0 Å². The molecule has 88 valence electrons. The van der Waals surface area contributed by atoms with E-state index in [2.05, 4.69) is 27.9 Å². The molecule has 17 heavy (non-hydrogen) atoms. The van der Waals surface area contributed by atoms with E-state index < -0.39 is 5.97 Å². The van der Waals surface area contributed by atoms with Crippen molar-refractivity contribution < 1.29 is 14.3 Å². The zero-order chi connectivity index (χ0) is 12.3. The number of anilines is 1. The molecule has 4 nitrogen and oxygen atoms in total. The number of carbonyl (C=O) groups is 1. The molecule has 0 fully saturated rings. The maximum atomic E-state index is 10.9. The van der Waals surface area contributed by atoms with Crippen LogP contribution in [-0.2, 0) is 6.54 Å². The average molecular weight is 343 g/mol. The smallest absolute Gasteiger partial charge is 0.339 e. The molecule has 2 N–H and O–H groups in total. The van der Waals surface area contributed by atoms with Crippen molar-refractivity contribution in [2.45, 2.75) is 6.54 Å². The number of benzene rings is 1. The van der Waals surface area contributed by atoms with Crippen LogP contribution in [0.1, 0.15) is 16.1 Å². The van der Waals surface area contributed by atoms with Gasteiger partial charge in [0.1, 0.15) is 11.3 Å². The summed E-state index contributed by atoms with van der Waals surface area (Å²) < 4.78 is 6.22. The lowest BCUT2D eigenvalue weighted by molar-refractivity contribution is 0.0694. The molecule has 0 aliphatic carbocycles. The Balaban J connectivity index is 2.10. The summed E-state index contributed by atoms with van der Waals surface area (Å²) in [5, 5.41) is 12.1. The second-order valence-electron chi connectivity index (χ2n) is 3.40. The minimum atomic E-state index is -0.974. The molecule has 2 rings (SSSR count). The number of halogens is 1. The van der Waals surface area contributed by atoms with Gasteiger partial charge in [-0.2, -0.15) is 0 Å². The van der Waals surface area contributed by atoms with Crippen molar-refractivity contribution in [3.8, 4) is 0 Å². The summed E-state index contributed by atoms with van der Waals surface area (Å²) in [6, 6.07) is 9.23. The van der Waals surface area contributed by atoms with Crippen molar-refractivity contribution in [2.75, 3.05) is 5.32 Å². The normalized spacial score (nSPS) is 10.2. The summed E-state index contributed by atoms with van der Waals surface area (Å²) >= 11 is 2.21. The fourth-order valence-electron chi connectivity index (χ4n) is 1.45. The topological polar surface area (TPSA) is 62.5 Å². The number of hydrogen-bond acceptors (Lipinski definition) is 3. The van der Waals surface area contributed by atoms with E-state index in [0.717, 1.165) is 9.26 Å². The molecule has 1 aromatic carbocycles. The number of para-hydroxylation sites is 1. The van der Waals surface area contributed by atoms with Crippen molar-refractivity contribution in [1.82, 2.24) is 0 Å². The molecule has 0 saturated heterocycles. The second kappa shape index (κ2) is 5.22. The number of hydrogen-bond donors (Lipinski definition) is 2. The second-order valence-corrected chi connectivity index (χ2v) is 4.56. The van der Waals surface area contributed by atoms with Gasteiger partial charge in [0.05, 0.1) is 12.8 Å². The largest absolute Gasteiger partial charge is 0.478 e. The Morgan fingerprint density at radius 1 is 1.35 bits per heavy atom. The fraction of sp³-hybridized carbons (Fsp3) is 0.0833. The third kappa shape index (κ3) is 2.79. The molecule has 0 aliphatic rings. The van der Waals surface area contributed by atoms with E-state index in [9.17, 15) is 4.79 Å². The van der Waals surface area contributed by atoms with Gasteiger partial charge >= 0.3 is 5.97 Å². The first-order valence-corrected chi connectivity index (χ1v) is 6.04.